The average Bonchev–Trinajstić information content (AvgIpc) is 3.28. The molecular weight excluding hydrogens is 418 g/mol. The second kappa shape index (κ2) is 9.28. The Morgan fingerprint density at radius 3 is 2.39 bits per heavy atom. The molecule has 170 valence electrons. The van der Waals surface area contributed by atoms with Gasteiger partial charge in [-0.2, -0.15) is 10.1 Å². The van der Waals surface area contributed by atoms with Crippen molar-refractivity contribution in [3.8, 4) is 0 Å². The fourth-order valence-corrected chi connectivity index (χ4v) is 4.17. The summed E-state index contributed by atoms with van der Waals surface area (Å²) < 4.78 is 7.06. The number of carbonyl (C=O) groups excluding carboxylic acids is 2. The van der Waals surface area contributed by atoms with Gasteiger partial charge in [0.15, 0.2) is 0 Å². The first-order valence-corrected chi connectivity index (χ1v) is 10.9. The molecule has 1 aliphatic heterocycles. The molecule has 4 rings (SSSR count). The van der Waals surface area contributed by atoms with E-state index in [1.165, 1.54) is 6.33 Å². The van der Waals surface area contributed by atoms with Crippen molar-refractivity contribution >= 4 is 23.5 Å². The number of fused-ring (bicyclic) bond motifs is 1. The van der Waals surface area contributed by atoms with E-state index < -0.39 is 12.0 Å². The van der Waals surface area contributed by atoms with Crippen LogP contribution in [0.4, 0.5) is 11.6 Å². The van der Waals surface area contributed by atoms with Gasteiger partial charge in [0.2, 0.25) is 11.9 Å². The Morgan fingerprint density at radius 2 is 1.73 bits per heavy atom. The number of aryl methyl sites for hydroxylation is 2. The first-order chi connectivity index (χ1) is 15.9. The van der Waals surface area contributed by atoms with Gasteiger partial charge in [0.25, 0.3) is 0 Å². The maximum atomic E-state index is 13.1. The van der Waals surface area contributed by atoms with Crippen LogP contribution < -0.4 is 10.2 Å². The summed E-state index contributed by atoms with van der Waals surface area (Å²) in [6.07, 6.45) is 1.43. The Labute approximate surface area is 192 Å². The van der Waals surface area contributed by atoms with Gasteiger partial charge in [-0.1, -0.05) is 48.5 Å². The summed E-state index contributed by atoms with van der Waals surface area (Å²) in [4.78, 5) is 32.3. The molecule has 2 heterocycles. The van der Waals surface area contributed by atoms with E-state index in [0.717, 1.165) is 22.4 Å². The highest BCUT2D eigenvalue weighted by Gasteiger charge is 2.38. The highest BCUT2D eigenvalue weighted by molar-refractivity contribution is 5.97. The fourth-order valence-electron chi connectivity index (χ4n) is 4.17. The molecule has 0 spiro atoms. The van der Waals surface area contributed by atoms with Crippen LogP contribution in [0.2, 0.25) is 0 Å². The van der Waals surface area contributed by atoms with Crippen LogP contribution >= 0.6 is 0 Å². The normalized spacial score (nSPS) is 15.3. The van der Waals surface area contributed by atoms with Crippen LogP contribution in [0.3, 0.4) is 0 Å². The van der Waals surface area contributed by atoms with Gasteiger partial charge in [-0.3, -0.25) is 4.79 Å². The lowest BCUT2D eigenvalue weighted by Gasteiger charge is -2.35. The molecule has 0 aliphatic carbocycles. The summed E-state index contributed by atoms with van der Waals surface area (Å²) in [5, 5.41) is 7.41. The molecule has 0 unspecified atom stereocenters. The average molecular weight is 446 g/mol. The molecule has 33 heavy (non-hydrogen) atoms. The van der Waals surface area contributed by atoms with Crippen molar-refractivity contribution < 1.29 is 14.3 Å². The minimum absolute atomic E-state index is 0.0251. The third-order valence-electron chi connectivity index (χ3n) is 5.77. The van der Waals surface area contributed by atoms with Crippen LogP contribution in [0.5, 0.6) is 0 Å². The molecule has 0 saturated heterocycles. The first-order valence-electron chi connectivity index (χ1n) is 10.9. The van der Waals surface area contributed by atoms with Gasteiger partial charge in [-0.15, -0.1) is 0 Å². The number of allylic oxidation sites excluding steroid dienone is 1. The second-order valence-corrected chi connectivity index (χ2v) is 7.94. The molecule has 2 aromatic carbocycles. The number of aromatic nitrogens is 3. The zero-order valence-corrected chi connectivity index (χ0v) is 19.2. The number of carbonyl (C=O) groups is 2. The number of nitrogens with one attached hydrogen (secondary N) is 1. The third-order valence-corrected chi connectivity index (χ3v) is 5.77. The molecule has 3 aromatic rings. The van der Waals surface area contributed by atoms with Gasteiger partial charge in [0, 0.05) is 11.4 Å². The summed E-state index contributed by atoms with van der Waals surface area (Å²) in [5.74, 6) is -0.168. The van der Waals surface area contributed by atoms with Crippen LogP contribution in [0.1, 0.15) is 36.6 Å². The number of hydrogen-bond donors (Lipinski definition) is 1. The maximum Gasteiger partial charge on any atom is 0.338 e. The van der Waals surface area contributed by atoms with Crippen molar-refractivity contribution in [1.82, 2.24) is 14.8 Å². The number of nitrogens with zero attached hydrogens (tertiary/aromatic N) is 4. The molecular formula is C25H27N5O3. The van der Waals surface area contributed by atoms with Crippen LogP contribution in [0.15, 0.2) is 66.1 Å². The van der Waals surface area contributed by atoms with E-state index in [1.807, 2.05) is 69.3 Å². The number of ether oxygens (including phenoxy) is 1. The molecule has 0 bridgehead atoms. The molecule has 8 nitrogen and oxygen atoms in total. The number of hydrogen-bond acceptors (Lipinski definition) is 6. The van der Waals surface area contributed by atoms with E-state index in [9.17, 15) is 9.59 Å². The Kier molecular flexibility index (Phi) is 6.26. The van der Waals surface area contributed by atoms with E-state index in [1.54, 1.807) is 16.5 Å². The number of esters is 1. The maximum absolute atomic E-state index is 13.1. The summed E-state index contributed by atoms with van der Waals surface area (Å²) in [6, 6.07) is 15.0. The summed E-state index contributed by atoms with van der Waals surface area (Å²) >= 11 is 0. The largest absolute Gasteiger partial charge is 0.463 e. The quantitative estimate of drug-likeness (QED) is 0.581. The number of anilines is 2. The minimum atomic E-state index is -0.499. The number of amides is 1. The SMILES string of the molecule is CCOC(=O)C1=C(C)N(CC(=O)Nc2c(C)cccc2C)c2ncnn2[C@@H]1c1ccccc1. The predicted molar refractivity (Wildman–Crippen MR) is 126 cm³/mol. The summed E-state index contributed by atoms with van der Waals surface area (Å²) in [5.41, 5.74) is 4.67. The molecule has 1 aromatic heterocycles. The molecule has 0 saturated carbocycles. The highest BCUT2D eigenvalue weighted by Crippen LogP contribution is 2.38. The standard InChI is InChI=1S/C25H27N5O3/c1-5-33-24(32)21-18(4)29(14-20(31)28-22-16(2)10-9-11-17(22)3)25-26-15-27-30(25)23(21)19-12-7-6-8-13-19/h6-13,15,23H,5,14H2,1-4H3,(H,28,31)/t23-/m1/s1. The van der Waals surface area contributed by atoms with Gasteiger partial charge in [0.05, 0.1) is 12.2 Å². The van der Waals surface area contributed by atoms with Crippen molar-refractivity contribution in [3.63, 3.8) is 0 Å². The van der Waals surface area contributed by atoms with Gasteiger partial charge in [-0.05, 0) is 44.4 Å². The topological polar surface area (TPSA) is 89.3 Å². The molecule has 1 N–H and O–H groups in total. The second-order valence-electron chi connectivity index (χ2n) is 7.94. The minimum Gasteiger partial charge on any atom is -0.463 e. The van der Waals surface area contributed by atoms with Crippen LogP contribution in [-0.4, -0.2) is 39.8 Å². The van der Waals surface area contributed by atoms with Crippen molar-refractivity contribution in [2.24, 2.45) is 0 Å². The molecule has 0 radical (unpaired) electrons. The lowest BCUT2D eigenvalue weighted by Crippen LogP contribution is -2.41. The molecule has 1 atom stereocenters. The van der Waals surface area contributed by atoms with Crippen molar-refractivity contribution in [2.45, 2.75) is 33.7 Å². The van der Waals surface area contributed by atoms with E-state index >= 15 is 0 Å². The lowest BCUT2D eigenvalue weighted by molar-refractivity contribution is -0.139. The summed E-state index contributed by atoms with van der Waals surface area (Å²) in [6.45, 7) is 7.71. The number of rotatable bonds is 6. The van der Waals surface area contributed by atoms with Crippen molar-refractivity contribution in [2.75, 3.05) is 23.4 Å². The van der Waals surface area contributed by atoms with Crippen LogP contribution in [-0.2, 0) is 14.3 Å². The number of para-hydroxylation sites is 1. The summed E-state index contributed by atoms with van der Waals surface area (Å²) in [7, 11) is 0. The van der Waals surface area contributed by atoms with Gasteiger partial charge in [0.1, 0.15) is 18.9 Å². The van der Waals surface area contributed by atoms with E-state index in [2.05, 4.69) is 15.4 Å². The molecule has 1 aliphatic rings. The third kappa shape index (κ3) is 4.24. The Bertz CT molecular complexity index is 1200. The van der Waals surface area contributed by atoms with Gasteiger partial charge in [-0.25, -0.2) is 9.48 Å². The Hall–Kier alpha value is -3.94. The highest BCUT2D eigenvalue weighted by atomic mass is 16.5. The smallest absolute Gasteiger partial charge is 0.338 e. The first kappa shape index (κ1) is 22.3. The van der Waals surface area contributed by atoms with Crippen LogP contribution in [0, 0.1) is 13.8 Å². The zero-order chi connectivity index (χ0) is 23.5. The van der Waals surface area contributed by atoms with Crippen molar-refractivity contribution in [3.05, 3.63) is 82.8 Å². The van der Waals surface area contributed by atoms with E-state index in [4.69, 9.17) is 4.74 Å². The molecule has 0 fully saturated rings. The van der Waals surface area contributed by atoms with E-state index in [0.29, 0.717) is 17.2 Å². The monoisotopic (exact) mass is 445 g/mol. The number of benzene rings is 2. The Morgan fingerprint density at radius 1 is 1.03 bits per heavy atom. The lowest BCUT2D eigenvalue weighted by atomic mass is 9.95. The Balaban J connectivity index is 1.73. The fraction of sp³-hybridized carbons (Fsp3) is 0.280. The predicted octanol–water partition coefficient (Wildman–Crippen LogP) is 3.78. The molecule has 1 amide bonds. The van der Waals surface area contributed by atoms with Gasteiger partial charge >= 0.3 is 5.97 Å². The van der Waals surface area contributed by atoms with E-state index in [-0.39, 0.29) is 19.1 Å². The zero-order valence-electron chi connectivity index (χ0n) is 19.2. The van der Waals surface area contributed by atoms with Crippen LogP contribution in [0.25, 0.3) is 0 Å². The van der Waals surface area contributed by atoms with Crippen molar-refractivity contribution in [1.29, 1.82) is 0 Å². The molecule has 8 heteroatoms. The van der Waals surface area contributed by atoms with Gasteiger partial charge < -0.3 is 15.0 Å².